The van der Waals surface area contributed by atoms with E-state index in [0.717, 1.165) is 0 Å². The molecule has 1 aromatic carbocycles. The van der Waals surface area contributed by atoms with Gasteiger partial charge in [0.2, 0.25) is 0 Å². The van der Waals surface area contributed by atoms with E-state index in [1.165, 1.54) is 43.1 Å². The Morgan fingerprint density at radius 1 is 1.37 bits per heavy atom. The second-order valence-electron chi connectivity index (χ2n) is 4.26. The maximum Gasteiger partial charge on any atom is 0.308 e. The minimum Gasteiger partial charge on any atom is -0.484 e. The summed E-state index contributed by atoms with van der Waals surface area (Å²) in [5, 5.41) is 8.74. The van der Waals surface area contributed by atoms with E-state index in [-0.39, 0.29) is 24.9 Å². The molecule has 0 aliphatic heterocycles. The third-order valence-electron chi connectivity index (χ3n) is 2.57. The van der Waals surface area contributed by atoms with Crippen molar-refractivity contribution >= 4 is 11.9 Å². The molecule has 0 bridgehead atoms. The van der Waals surface area contributed by atoms with Gasteiger partial charge in [-0.05, 0) is 24.3 Å². The van der Waals surface area contributed by atoms with Crippen LogP contribution >= 0.6 is 0 Å². The first kappa shape index (κ1) is 14.9. The summed E-state index contributed by atoms with van der Waals surface area (Å²) in [6.45, 7) is 1.42. The van der Waals surface area contributed by atoms with Gasteiger partial charge < -0.3 is 14.7 Å². The van der Waals surface area contributed by atoms with Crippen LogP contribution in [0.4, 0.5) is 4.39 Å². The molecular weight excluding hydrogens is 253 g/mol. The summed E-state index contributed by atoms with van der Waals surface area (Å²) in [5.41, 5.74) is 0. The molecule has 1 rings (SSSR count). The van der Waals surface area contributed by atoms with Crippen molar-refractivity contribution in [2.24, 2.45) is 5.92 Å². The zero-order valence-electron chi connectivity index (χ0n) is 10.8. The Morgan fingerprint density at radius 3 is 2.47 bits per heavy atom. The summed E-state index contributed by atoms with van der Waals surface area (Å²) in [7, 11) is 1.51. The number of likely N-dealkylation sites (N-methyl/N-ethyl adjacent to an activating group) is 1. The number of hydrogen-bond donors (Lipinski definition) is 1. The third kappa shape index (κ3) is 4.95. The van der Waals surface area contributed by atoms with E-state index in [1.54, 1.807) is 0 Å². The maximum atomic E-state index is 12.6. The zero-order chi connectivity index (χ0) is 14.4. The fraction of sp³-hybridized carbons (Fsp3) is 0.385. The van der Waals surface area contributed by atoms with Crippen LogP contribution < -0.4 is 4.74 Å². The van der Waals surface area contributed by atoms with E-state index in [4.69, 9.17) is 9.84 Å². The fourth-order valence-electron chi connectivity index (χ4n) is 1.38. The molecule has 0 saturated carbocycles. The first-order valence-electron chi connectivity index (χ1n) is 5.75. The van der Waals surface area contributed by atoms with Crippen LogP contribution in [0.1, 0.15) is 6.92 Å². The standard InChI is InChI=1S/C13H16FNO4/c1-9(13(17)18)7-15(2)12(16)8-19-11-5-3-10(14)4-6-11/h3-6,9H,7-8H2,1-2H3,(H,17,18). The van der Waals surface area contributed by atoms with E-state index < -0.39 is 11.9 Å². The first-order chi connectivity index (χ1) is 8.90. The topological polar surface area (TPSA) is 66.8 Å². The molecule has 0 aliphatic carbocycles. The molecule has 0 aliphatic rings. The van der Waals surface area contributed by atoms with E-state index in [0.29, 0.717) is 5.75 Å². The normalized spacial score (nSPS) is 11.7. The van der Waals surface area contributed by atoms with Crippen molar-refractivity contribution in [3.8, 4) is 5.75 Å². The van der Waals surface area contributed by atoms with Crippen molar-refractivity contribution in [3.05, 3.63) is 30.1 Å². The number of hydrogen-bond acceptors (Lipinski definition) is 3. The van der Waals surface area contributed by atoms with E-state index in [2.05, 4.69) is 0 Å². The van der Waals surface area contributed by atoms with Gasteiger partial charge in [-0.2, -0.15) is 0 Å². The fourth-order valence-corrected chi connectivity index (χ4v) is 1.38. The molecular formula is C13H16FNO4. The molecule has 1 atom stereocenters. The molecule has 0 heterocycles. The van der Waals surface area contributed by atoms with Crippen LogP contribution in [0.3, 0.4) is 0 Å². The highest BCUT2D eigenvalue weighted by atomic mass is 19.1. The Labute approximate surface area is 110 Å². The smallest absolute Gasteiger partial charge is 0.308 e. The Morgan fingerprint density at radius 2 is 1.95 bits per heavy atom. The third-order valence-corrected chi connectivity index (χ3v) is 2.57. The highest BCUT2D eigenvalue weighted by molar-refractivity contribution is 5.78. The molecule has 5 nitrogen and oxygen atoms in total. The van der Waals surface area contributed by atoms with Gasteiger partial charge in [0.05, 0.1) is 5.92 Å². The predicted octanol–water partition coefficient (Wildman–Crippen LogP) is 1.38. The minimum atomic E-state index is -0.959. The summed E-state index contributed by atoms with van der Waals surface area (Å²) in [6.07, 6.45) is 0. The molecule has 0 saturated heterocycles. The van der Waals surface area contributed by atoms with Crippen molar-refractivity contribution in [3.63, 3.8) is 0 Å². The SMILES string of the molecule is CC(CN(C)C(=O)COc1ccc(F)cc1)C(=O)O. The van der Waals surface area contributed by atoms with Gasteiger partial charge in [-0.25, -0.2) is 4.39 Å². The summed E-state index contributed by atoms with van der Waals surface area (Å²) in [6, 6.07) is 5.30. The number of halogens is 1. The predicted molar refractivity (Wildman–Crippen MR) is 66.3 cm³/mol. The second-order valence-corrected chi connectivity index (χ2v) is 4.26. The summed E-state index contributed by atoms with van der Waals surface area (Å²) < 4.78 is 17.8. The highest BCUT2D eigenvalue weighted by Crippen LogP contribution is 2.11. The van der Waals surface area contributed by atoms with Gasteiger partial charge in [-0.15, -0.1) is 0 Å². The number of carboxylic acid groups (broad SMARTS) is 1. The molecule has 104 valence electrons. The van der Waals surface area contributed by atoms with Gasteiger partial charge in [0.25, 0.3) is 5.91 Å². The molecule has 19 heavy (non-hydrogen) atoms. The number of benzene rings is 1. The Kier molecular flexibility index (Phi) is 5.29. The van der Waals surface area contributed by atoms with Gasteiger partial charge >= 0.3 is 5.97 Å². The van der Waals surface area contributed by atoms with Crippen LogP contribution in [0.15, 0.2) is 24.3 Å². The second kappa shape index (κ2) is 6.72. The lowest BCUT2D eigenvalue weighted by atomic mass is 10.2. The summed E-state index contributed by atoms with van der Waals surface area (Å²) in [5.74, 6) is -1.93. The van der Waals surface area contributed by atoms with E-state index in [9.17, 15) is 14.0 Å². The lowest BCUT2D eigenvalue weighted by Gasteiger charge is -2.19. The largest absolute Gasteiger partial charge is 0.484 e. The van der Waals surface area contributed by atoms with Crippen LogP contribution in [0, 0.1) is 11.7 Å². The number of carboxylic acids is 1. The van der Waals surface area contributed by atoms with Crippen LogP contribution in [0.2, 0.25) is 0 Å². The molecule has 0 aromatic heterocycles. The molecule has 0 spiro atoms. The average molecular weight is 269 g/mol. The van der Waals surface area contributed by atoms with Crippen molar-refractivity contribution in [2.75, 3.05) is 20.2 Å². The number of carbonyl (C=O) groups excluding carboxylic acids is 1. The maximum absolute atomic E-state index is 12.6. The monoisotopic (exact) mass is 269 g/mol. The van der Waals surface area contributed by atoms with Crippen molar-refractivity contribution in [2.45, 2.75) is 6.92 Å². The van der Waals surface area contributed by atoms with Crippen LogP contribution in [-0.2, 0) is 9.59 Å². The van der Waals surface area contributed by atoms with Gasteiger partial charge in [0.1, 0.15) is 11.6 Å². The Hall–Kier alpha value is -2.11. The summed E-state index contributed by atoms with van der Waals surface area (Å²) in [4.78, 5) is 23.6. The Balaban J connectivity index is 2.42. The number of ether oxygens (including phenoxy) is 1. The summed E-state index contributed by atoms with van der Waals surface area (Å²) >= 11 is 0. The zero-order valence-corrected chi connectivity index (χ0v) is 10.8. The molecule has 1 N–H and O–H groups in total. The van der Waals surface area contributed by atoms with Crippen molar-refractivity contribution in [1.82, 2.24) is 4.90 Å². The molecule has 1 unspecified atom stereocenters. The number of carbonyl (C=O) groups is 2. The minimum absolute atomic E-state index is 0.112. The highest BCUT2D eigenvalue weighted by Gasteiger charge is 2.17. The number of amides is 1. The van der Waals surface area contributed by atoms with Gasteiger partial charge in [0, 0.05) is 13.6 Å². The average Bonchev–Trinajstić information content (AvgIpc) is 2.37. The number of aliphatic carboxylic acids is 1. The molecule has 1 amide bonds. The Bertz CT molecular complexity index is 446. The lowest BCUT2D eigenvalue weighted by molar-refractivity contribution is -0.143. The van der Waals surface area contributed by atoms with Crippen LogP contribution in [0.5, 0.6) is 5.75 Å². The van der Waals surface area contributed by atoms with Crippen molar-refractivity contribution in [1.29, 1.82) is 0 Å². The van der Waals surface area contributed by atoms with E-state index >= 15 is 0 Å². The quantitative estimate of drug-likeness (QED) is 0.847. The van der Waals surface area contributed by atoms with Crippen molar-refractivity contribution < 1.29 is 23.8 Å². The number of rotatable bonds is 6. The van der Waals surface area contributed by atoms with Crippen LogP contribution in [-0.4, -0.2) is 42.1 Å². The van der Waals surface area contributed by atoms with Gasteiger partial charge in [-0.1, -0.05) is 6.92 Å². The molecule has 6 heteroatoms. The van der Waals surface area contributed by atoms with Gasteiger partial charge in [-0.3, -0.25) is 9.59 Å². The molecule has 0 fully saturated rings. The van der Waals surface area contributed by atoms with Crippen LogP contribution in [0.25, 0.3) is 0 Å². The molecule has 1 aromatic rings. The van der Waals surface area contributed by atoms with Gasteiger partial charge in [0.15, 0.2) is 6.61 Å². The molecule has 0 radical (unpaired) electrons. The lowest BCUT2D eigenvalue weighted by Crippen LogP contribution is -2.36. The first-order valence-corrected chi connectivity index (χ1v) is 5.75. The van der Waals surface area contributed by atoms with E-state index in [1.807, 2.05) is 0 Å². The number of nitrogens with zero attached hydrogens (tertiary/aromatic N) is 1.